The van der Waals surface area contributed by atoms with Gasteiger partial charge in [-0.05, 0) is 74.0 Å². The molecule has 0 bridgehead atoms. The van der Waals surface area contributed by atoms with Crippen LogP contribution in [0, 0.1) is 53.3 Å². The summed E-state index contributed by atoms with van der Waals surface area (Å²) in [6, 6.07) is -8.38. The van der Waals surface area contributed by atoms with E-state index >= 15 is 0 Å². The molecule has 1 fully saturated rings. The van der Waals surface area contributed by atoms with Gasteiger partial charge in [-0.1, -0.05) is 125 Å². The van der Waals surface area contributed by atoms with Crippen LogP contribution in [0.25, 0.3) is 0 Å². The number of ether oxygens (including phenoxy) is 6. The van der Waals surface area contributed by atoms with Crippen molar-refractivity contribution in [3.63, 3.8) is 0 Å². The van der Waals surface area contributed by atoms with Crippen LogP contribution >= 0.6 is 0 Å². The maximum atomic E-state index is 13.9. The first-order valence-electron chi connectivity index (χ1n) is 26.9. The number of nitrogens with one attached hydrogen (secondary N) is 6. The van der Waals surface area contributed by atoms with Gasteiger partial charge in [-0.25, -0.2) is 28.8 Å². The normalized spacial score (nSPS) is 28.8. The van der Waals surface area contributed by atoms with E-state index in [9.17, 15) is 57.5 Å². The minimum Gasteiger partial charge on any atom is -0.451 e. The van der Waals surface area contributed by atoms with E-state index < -0.39 is 197 Å². The number of hydrogen-bond donors (Lipinski definition) is 6. The second kappa shape index (κ2) is 31.3. The largest absolute Gasteiger partial charge is 0.451 e. The Bertz CT molecular complexity index is 1890. The summed E-state index contributed by atoms with van der Waals surface area (Å²) in [5.74, 6) is -17.8. The van der Waals surface area contributed by atoms with Crippen molar-refractivity contribution in [2.75, 3.05) is 0 Å². The molecular weight excluding hydrogens is 1020 g/mol. The molecule has 6 amide bonds. The van der Waals surface area contributed by atoms with Gasteiger partial charge in [0.1, 0.15) is 36.3 Å². The predicted octanol–water partition coefficient (Wildman–Crippen LogP) is 2.34. The van der Waals surface area contributed by atoms with Gasteiger partial charge in [0.2, 0.25) is 0 Å². The van der Waals surface area contributed by atoms with E-state index in [0.29, 0.717) is 0 Å². The average Bonchev–Trinajstić information content (AvgIpc) is 3.31. The molecule has 0 aromatic rings. The second-order valence-electron chi connectivity index (χ2n) is 22.9. The predicted molar refractivity (Wildman–Crippen MR) is 281 cm³/mol. The van der Waals surface area contributed by atoms with Gasteiger partial charge in [0.25, 0.3) is 35.4 Å². The molecule has 1 aliphatic rings. The second-order valence-corrected chi connectivity index (χ2v) is 22.9. The molecule has 0 saturated carbocycles. The molecule has 1 rings (SSSR count). The molecule has 0 radical (unpaired) electrons. The summed E-state index contributed by atoms with van der Waals surface area (Å²) in [7, 11) is 0. The average molecular weight is 1110 g/mol. The molecule has 12 atom stereocenters. The lowest BCUT2D eigenvalue weighted by Gasteiger charge is -2.30. The molecule has 0 unspecified atom stereocenters. The molecular formula is C54H90N6O18. The topological polar surface area (TPSA) is 332 Å². The van der Waals surface area contributed by atoms with E-state index in [1.165, 1.54) is 20.8 Å². The Morgan fingerprint density at radius 1 is 0.231 bits per heavy atom. The lowest BCUT2D eigenvalue weighted by atomic mass is 10.0. The van der Waals surface area contributed by atoms with Gasteiger partial charge in [-0.3, -0.25) is 28.8 Å². The Kier molecular flexibility index (Phi) is 27.9. The van der Waals surface area contributed by atoms with Crippen LogP contribution in [0.5, 0.6) is 0 Å². The van der Waals surface area contributed by atoms with Crippen molar-refractivity contribution in [1.82, 2.24) is 31.9 Å². The number of cyclic esters (lactones) is 6. The first-order chi connectivity index (χ1) is 35.9. The van der Waals surface area contributed by atoms with Gasteiger partial charge in [0.15, 0.2) is 36.6 Å². The van der Waals surface area contributed by atoms with Gasteiger partial charge in [0.05, 0.1) is 0 Å². The minimum absolute atomic E-state index is 0.647. The van der Waals surface area contributed by atoms with Crippen molar-refractivity contribution in [2.24, 2.45) is 53.3 Å². The maximum Gasteiger partial charge on any atom is 0.329 e. The zero-order valence-corrected chi connectivity index (χ0v) is 49.5. The molecule has 1 heterocycles. The van der Waals surface area contributed by atoms with Crippen LogP contribution in [0.1, 0.15) is 145 Å². The number of carbonyl (C=O) groups is 12. The summed E-state index contributed by atoms with van der Waals surface area (Å²) in [6.45, 7) is 32.1. The summed E-state index contributed by atoms with van der Waals surface area (Å²) >= 11 is 0. The highest BCUT2D eigenvalue weighted by Crippen LogP contribution is 2.19. The Morgan fingerprint density at radius 2 is 0.372 bits per heavy atom. The van der Waals surface area contributed by atoms with Crippen molar-refractivity contribution in [3.05, 3.63) is 0 Å². The Morgan fingerprint density at radius 3 is 0.513 bits per heavy atom. The fraction of sp³-hybridized carbons (Fsp3) is 0.778. The quantitative estimate of drug-likeness (QED) is 0.143. The number of rotatable bonds is 9. The van der Waals surface area contributed by atoms with Gasteiger partial charge >= 0.3 is 35.8 Å². The first-order valence-corrected chi connectivity index (χ1v) is 26.9. The molecule has 1 aliphatic heterocycles. The third kappa shape index (κ3) is 20.8. The third-order valence-corrected chi connectivity index (χ3v) is 12.6. The Hall–Kier alpha value is -6.36. The summed E-state index contributed by atoms with van der Waals surface area (Å²) in [6.07, 6.45) is -9.25. The fourth-order valence-electron chi connectivity index (χ4n) is 7.48. The SMILES string of the molecule is CC(C)[C@@H]1NC(=O)[C@H](C(C)C)OC(=O)[C@@H](C(C)C)NC(=O)[C@@H](C)OC(=O)[C@@H](C(C)C)NC(=O)[C@@H](C(C)C)OC(=O)[C@@H](C(C)C)NC(=O)[C@@H](C)OC(=O)[C@H](C(C)C)NC(=O)[C@H](C(C)C)OC(=O)[C@H](C(C)C)NC(=O)[C@H](C)OC1=O. The van der Waals surface area contributed by atoms with Gasteiger partial charge < -0.3 is 60.3 Å². The minimum atomic E-state index is -1.55. The highest BCUT2D eigenvalue weighted by atomic mass is 16.6. The van der Waals surface area contributed by atoms with Crippen LogP contribution in [0.2, 0.25) is 0 Å². The van der Waals surface area contributed by atoms with E-state index in [1.807, 2.05) is 0 Å². The lowest BCUT2D eigenvalue weighted by Crippen LogP contribution is -2.56. The fourth-order valence-corrected chi connectivity index (χ4v) is 7.48. The number of hydrogen-bond acceptors (Lipinski definition) is 18. The number of amides is 6. The molecule has 6 N–H and O–H groups in total. The molecule has 0 aromatic heterocycles. The number of esters is 6. The van der Waals surface area contributed by atoms with Gasteiger partial charge in [-0.2, -0.15) is 0 Å². The smallest absolute Gasteiger partial charge is 0.329 e. The summed E-state index contributed by atoms with van der Waals surface area (Å²) < 4.78 is 33.5. The molecule has 1 saturated heterocycles. The molecule has 78 heavy (non-hydrogen) atoms. The summed E-state index contributed by atoms with van der Waals surface area (Å²) in [5.41, 5.74) is 0. The van der Waals surface area contributed by atoms with Crippen LogP contribution in [-0.4, -0.2) is 144 Å². The highest BCUT2D eigenvalue weighted by molar-refractivity contribution is 5.96. The van der Waals surface area contributed by atoms with E-state index in [4.69, 9.17) is 28.4 Å². The summed E-state index contributed by atoms with van der Waals surface area (Å²) in [5, 5.41) is 15.1. The van der Waals surface area contributed by atoms with Crippen LogP contribution in [0.15, 0.2) is 0 Å². The van der Waals surface area contributed by atoms with Gasteiger partial charge in [-0.15, -0.1) is 0 Å². The highest BCUT2D eigenvalue weighted by Gasteiger charge is 2.42. The third-order valence-electron chi connectivity index (χ3n) is 12.6. The molecule has 0 aliphatic carbocycles. The zero-order valence-electron chi connectivity index (χ0n) is 49.5. The maximum absolute atomic E-state index is 13.9. The van der Waals surface area contributed by atoms with Crippen LogP contribution < -0.4 is 31.9 Å². The molecule has 444 valence electrons. The van der Waals surface area contributed by atoms with Crippen LogP contribution in [-0.2, 0) is 86.0 Å². The molecule has 24 heteroatoms. The number of carbonyl (C=O) groups excluding carboxylic acids is 12. The van der Waals surface area contributed by atoms with E-state index in [2.05, 4.69) is 31.9 Å². The zero-order chi connectivity index (χ0) is 60.5. The standard InChI is InChI=1S/C54H90N6O18/c1-22(2)34-49(67)73-31(19)43(61)55-38(26(9)10)53(71)77-41(29(15)16)47(65)59-36(24(5)6)51(69)75-33(21)45(63)57-39(27(11)12)54(72)78-42(30(17)18)48(66)60-35(23(3)4)50(68)74-32(20)44(62)56-37(25(7)8)52(70)76-40(28(13)14)46(64)58-34/h22-42H,1-21H3,(H,55,61)(H,56,62)(H,57,63)(H,58,64)(H,59,65)(H,60,66)/t31-,32-,33+,34-,35+,36+,37-,38-,39+,40-,41+,42+/m1/s1. The first kappa shape index (κ1) is 69.7. The van der Waals surface area contributed by atoms with Crippen LogP contribution in [0.4, 0.5) is 0 Å². The monoisotopic (exact) mass is 1110 g/mol. The van der Waals surface area contributed by atoms with Crippen molar-refractivity contribution in [1.29, 1.82) is 0 Å². The Labute approximate surface area is 459 Å². The molecule has 0 aromatic carbocycles. The van der Waals surface area contributed by atoms with E-state index in [1.54, 1.807) is 125 Å². The Balaban J connectivity index is 3.87. The molecule has 24 nitrogen and oxygen atoms in total. The van der Waals surface area contributed by atoms with Gasteiger partial charge in [0, 0.05) is 0 Å². The lowest BCUT2D eigenvalue weighted by molar-refractivity contribution is -0.167. The van der Waals surface area contributed by atoms with Crippen molar-refractivity contribution in [3.8, 4) is 0 Å². The van der Waals surface area contributed by atoms with E-state index in [-0.39, 0.29) is 0 Å². The van der Waals surface area contributed by atoms with E-state index in [0.717, 1.165) is 0 Å². The van der Waals surface area contributed by atoms with Crippen LogP contribution in [0.3, 0.4) is 0 Å². The summed E-state index contributed by atoms with van der Waals surface area (Å²) in [4.78, 5) is 165. The van der Waals surface area contributed by atoms with Crippen molar-refractivity contribution >= 4 is 71.3 Å². The molecule has 0 spiro atoms. The van der Waals surface area contributed by atoms with Crippen molar-refractivity contribution in [2.45, 2.75) is 218 Å². The van der Waals surface area contributed by atoms with Crippen molar-refractivity contribution < 1.29 is 86.0 Å².